The van der Waals surface area contributed by atoms with Gasteiger partial charge in [-0.25, -0.2) is 9.13 Å². The van der Waals surface area contributed by atoms with Gasteiger partial charge in [0.2, 0.25) is 0 Å². The molecular formula is C38H75N2+. The lowest BCUT2D eigenvalue weighted by molar-refractivity contribution is -0.704. The van der Waals surface area contributed by atoms with Gasteiger partial charge < -0.3 is 0 Å². The predicted octanol–water partition coefficient (Wildman–Crippen LogP) is 12.7. The van der Waals surface area contributed by atoms with E-state index in [0.29, 0.717) is 0 Å². The Morgan fingerprint density at radius 2 is 0.775 bits per heavy atom. The van der Waals surface area contributed by atoms with E-state index >= 15 is 0 Å². The molecule has 0 radical (unpaired) electrons. The standard InChI is InChI=1S/C38H75N2/c1-4-7-10-12-14-16-18-20-21-22-24-26-28-30-33-38-39(34-31-9-6-3)36-37-40(38)35-32-29-27-25-23-19-17-15-13-11-8-5-2/h36-37H,4-35H2,1-3H3/q+1. The molecule has 0 spiro atoms. The Kier molecular flexibility index (Phi) is 27.6. The Balaban J connectivity index is 2.15. The Labute approximate surface area is 253 Å². The van der Waals surface area contributed by atoms with Crippen LogP contribution in [-0.2, 0) is 19.5 Å². The summed E-state index contributed by atoms with van der Waals surface area (Å²) >= 11 is 0. The van der Waals surface area contributed by atoms with Crippen LogP contribution in [0.1, 0.15) is 213 Å². The van der Waals surface area contributed by atoms with Gasteiger partial charge in [0, 0.05) is 6.42 Å². The lowest BCUT2D eigenvalue weighted by Gasteiger charge is -2.07. The molecule has 0 fully saturated rings. The van der Waals surface area contributed by atoms with Gasteiger partial charge >= 0.3 is 0 Å². The lowest BCUT2D eigenvalue weighted by Crippen LogP contribution is -2.37. The molecular weight excluding hydrogens is 484 g/mol. The molecule has 1 heterocycles. The van der Waals surface area contributed by atoms with Crippen molar-refractivity contribution in [2.75, 3.05) is 0 Å². The number of aromatic nitrogens is 2. The summed E-state index contributed by atoms with van der Waals surface area (Å²) in [6.45, 7) is 9.38. The van der Waals surface area contributed by atoms with Crippen molar-refractivity contribution in [3.05, 3.63) is 18.2 Å². The summed E-state index contributed by atoms with van der Waals surface area (Å²) in [5, 5.41) is 0. The zero-order valence-corrected chi connectivity index (χ0v) is 28.2. The highest BCUT2D eigenvalue weighted by atomic mass is 15.1. The molecule has 0 saturated heterocycles. The quantitative estimate of drug-likeness (QED) is 0.0613. The molecule has 0 unspecified atom stereocenters. The molecule has 2 heteroatoms. The minimum Gasteiger partial charge on any atom is -0.234 e. The van der Waals surface area contributed by atoms with Gasteiger partial charge in [0.15, 0.2) is 0 Å². The fraction of sp³-hybridized carbons (Fsp3) is 0.921. The minimum absolute atomic E-state index is 1.22. The van der Waals surface area contributed by atoms with Crippen LogP contribution in [-0.4, -0.2) is 4.57 Å². The summed E-state index contributed by atoms with van der Waals surface area (Å²) in [6.07, 6.45) is 47.5. The van der Waals surface area contributed by atoms with Crippen LogP contribution in [0.3, 0.4) is 0 Å². The molecule has 0 aliphatic carbocycles. The van der Waals surface area contributed by atoms with Crippen LogP contribution in [0.25, 0.3) is 0 Å². The van der Waals surface area contributed by atoms with Crippen molar-refractivity contribution in [1.29, 1.82) is 0 Å². The van der Waals surface area contributed by atoms with E-state index in [1.807, 2.05) is 0 Å². The fourth-order valence-electron chi connectivity index (χ4n) is 6.33. The number of hydrogen-bond acceptors (Lipinski definition) is 0. The highest BCUT2D eigenvalue weighted by Gasteiger charge is 2.16. The summed E-state index contributed by atoms with van der Waals surface area (Å²) in [6, 6.07) is 0. The van der Waals surface area contributed by atoms with Gasteiger partial charge in [0.1, 0.15) is 12.4 Å². The highest BCUT2D eigenvalue weighted by Crippen LogP contribution is 2.15. The molecule has 0 aliphatic heterocycles. The number of rotatable bonds is 32. The predicted molar refractivity (Wildman–Crippen MR) is 179 cm³/mol. The van der Waals surface area contributed by atoms with Gasteiger partial charge in [0.25, 0.3) is 5.82 Å². The Morgan fingerprint density at radius 3 is 1.20 bits per heavy atom. The maximum atomic E-state index is 2.62. The van der Waals surface area contributed by atoms with Crippen molar-refractivity contribution in [1.82, 2.24) is 4.57 Å². The van der Waals surface area contributed by atoms with Crippen LogP contribution in [0.5, 0.6) is 0 Å². The molecule has 1 rings (SSSR count). The van der Waals surface area contributed by atoms with Crippen molar-refractivity contribution < 1.29 is 4.57 Å². The molecule has 0 bridgehead atoms. The maximum absolute atomic E-state index is 2.62. The van der Waals surface area contributed by atoms with Crippen molar-refractivity contribution in [2.45, 2.75) is 226 Å². The number of unbranched alkanes of at least 4 members (excludes halogenated alkanes) is 26. The Bertz CT molecular complexity index is 619. The first-order valence-corrected chi connectivity index (χ1v) is 18.9. The van der Waals surface area contributed by atoms with Crippen LogP contribution < -0.4 is 4.57 Å². The molecule has 40 heavy (non-hydrogen) atoms. The van der Waals surface area contributed by atoms with Gasteiger partial charge in [-0.15, -0.1) is 0 Å². The van der Waals surface area contributed by atoms with Gasteiger partial charge in [0.05, 0.1) is 13.1 Å². The van der Waals surface area contributed by atoms with E-state index in [9.17, 15) is 0 Å². The van der Waals surface area contributed by atoms with Crippen LogP contribution in [0.15, 0.2) is 12.4 Å². The first-order valence-electron chi connectivity index (χ1n) is 18.9. The van der Waals surface area contributed by atoms with E-state index in [1.54, 1.807) is 5.82 Å². The average Bonchev–Trinajstić information content (AvgIpc) is 3.35. The highest BCUT2D eigenvalue weighted by molar-refractivity contribution is 4.84. The van der Waals surface area contributed by atoms with Gasteiger partial charge in [-0.2, -0.15) is 0 Å². The topological polar surface area (TPSA) is 8.81 Å². The number of nitrogens with zero attached hydrogens (tertiary/aromatic N) is 2. The molecule has 2 nitrogen and oxygen atoms in total. The maximum Gasteiger partial charge on any atom is 0.256 e. The number of aryl methyl sites for hydroxylation is 2. The van der Waals surface area contributed by atoms with E-state index in [2.05, 4.69) is 42.3 Å². The zero-order valence-electron chi connectivity index (χ0n) is 28.2. The van der Waals surface area contributed by atoms with Crippen molar-refractivity contribution in [3.63, 3.8) is 0 Å². The third-order valence-electron chi connectivity index (χ3n) is 9.10. The SMILES string of the molecule is CCCCCCCCCCCCCCCCc1n(CCCCCCCCCCCCCC)cc[n+]1CCCCC. The second-order valence-electron chi connectivity index (χ2n) is 13.0. The van der Waals surface area contributed by atoms with Crippen LogP contribution in [0, 0.1) is 0 Å². The summed E-state index contributed by atoms with van der Waals surface area (Å²) in [7, 11) is 0. The molecule has 0 aromatic carbocycles. The Hall–Kier alpha value is -0.790. The molecule has 0 amide bonds. The van der Waals surface area contributed by atoms with Crippen molar-refractivity contribution in [3.8, 4) is 0 Å². The normalized spacial score (nSPS) is 11.6. The van der Waals surface area contributed by atoms with Crippen LogP contribution >= 0.6 is 0 Å². The van der Waals surface area contributed by atoms with E-state index < -0.39 is 0 Å². The third-order valence-corrected chi connectivity index (χ3v) is 9.10. The van der Waals surface area contributed by atoms with Gasteiger partial charge in [-0.05, 0) is 32.1 Å². The molecule has 1 aromatic heterocycles. The summed E-state index contributed by atoms with van der Waals surface area (Å²) in [5.74, 6) is 1.61. The third kappa shape index (κ3) is 21.9. The van der Waals surface area contributed by atoms with Crippen LogP contribution in [0.4, 0.5) is 0 Å². The van der Waals surface area contributed by atoms with E-state index in [0.717, 1.165) is 0 Å². The summed E-state index contributed by atoms with van der Waals surface area (Å²) in [5.41, 5.74) is 0. The minimum atomic E-state index is 1.22. The molecule has 0 saturated carbocycles. The molecule has 0 N–H and O–H groups in total. The second-order valence-corrected chi connectivity index (χ2v) is 13.0. The van der Waals surface area contributed by atoms with Crippen molar-refractivity contribution in [2.24, 2.45) is 0 Å². The van der Waals surface area contributed by atoms with Gasteiger partial charge in [-0.1, -0.05) is 175 Å². The Morgan fingerprint density at radius 1 is 0.425 bits per heavy atom. The molecule has 1 aromatic rings. The van der Waals surface area contributed by atoms with E-state index in [4.69, 9.17) is 0 Å². The largest absolute Gasteiger partial charge is 0.256 e. The fourth-order valence-corrected chi connectivity index (χ4v) is 6.33. The van der Waals surface area contributed by atoms with E-state index in [1.165, 1.54) is 206 Å². The van der Waals surface area contributed by atoms with E-state index in [-0.39, 0.29) is 0 Å². The number of imidazole rings is 1. The molecule has 0 atom stereocenters. The lowest BCUT2D eigenvalue weighted by atomic mass is 10.0. The number of hydrogen-bond donors (Lipinski definition) is 0. The average molecular weight is 560 g/mol. The van der Waals surface area contributed by atoms with Gasteiger partial charge in [-0.3, -0.25) is 0 Å². The summed E-state index contributed by atoms with van der Waals surface area (Å²) < 4.78 is 5.21. The zero-order chi connectivity index (χ0) is 28.8. The molecule has 236 valence electrons. The first-order chi connectivity index (χ1) is 19.8. The summed E-state index contributed by atoms with van der Waals surface area (Å²) in [4.78, 5) is 0. The van der Waals surface area contributed by atoms with Crippen molar-refractivity contribution >= 4 is 0 Å². The monoisotopic (exact) mass is 560 g/mol. The second kappa shape index (κ2) is 29.7. The first kappa shape index (κ1) is 37.2. The molecule has 0 aliphatic rings. The van der Waals surface area contributed by atoms with Crippen LogP contribution in [0.2, 0.25) is 0 Å². The smallest absolute Gasteiger partial charge is 0.234 e.